The Balaban J connectivity index is 3.29. The molecule has 0 N–H and O–H groups in total. The average molecular weight is 121 g/mol. The zero-order chi connectivity index (χ0) is 5.70. The summed E-state index contributed by atoms with van der Waals surface area (Å²) in [6.07, 6.45) is -0.628. The Morgan fingerprint density at radius 1 is 1.86 bits per heavy atom. The maximum atomic E-state index is 11.9. The third-order valence-corrected chi connectivity index (χ3v) is 0.679. The predicted octanol–water partition coefficient (Wildman–Crippen LogP) is 1.93. The van der Waals surface area contributed by atoms with Crippen molar-refractivity contribution in [2.75, 3.05) is 0 Å². The molecule has 0 bridgehead atoms. The van der Waals surface area contributed by atoms with Crippen LogP contribution in [0.1, 0.15) is 13.3 Å². The van der Waals surface area contributed by atoms with E-state index in [9.17, 15) is 4.39 Å². The summed E-state index contributed by atoms with van der Waals surface area (Å²) in [5, 5.41) is 1.97. The Morgan fingerprint density at radius 3 is 2.57 bits per heavy atom. The summed E-state index contributed by atoms with van der Waals surface area (Å²) < 4.78 is 11.9. The first-order valence-electron chi connectivity index (χ1n) is 2.06. The molecule has 0 amide bonds. The molecule has 1 unspecified atom stereocenters. The second kappa shape index (κ2) is 3.95. The molecule has 0 saturated heterocycles. The van der Waals surface area contributed by atoms with Crippen molar-refractivity contribution in [3.8, 4) is 11.3 Å². The van der Waals surface area contributed by atoms with Crippen LogP contribution < -0.4 is 0 Å². The maximum absolute atomic E-state index is 11.9. The fourth-order valence-electron chi connectivity index (χ4n) is 0.161. The summed E-state index contributed by atoms with van der Waals surface area (Å²) in [5.74, 6) is 2.14. The zero-order valence-corrected chi connectivity index (χ0v) is 4.80. The Labute approximate surface area is 47.7 Å². The highest BCUT2D eigenvalue weighted by Gasteiger charge is 1.92. The van der Waals surface area contributed by atoms with Crippen LogP contribution in [0.25, 0.3) is 0 Å². The molecule has 0 aliphatic carbocycles. The van der Waals surface area contributed by atoms with Gasteiger partial charge in [-0.15, -0.1) is 0 Å². The van der Waals surface area contributed by atoms with Gasteiger partial charge in [0.15, 0.2) is 6.17 Å². The van der Waals surface area contributed by atoms with Crippen LogP contribution in [-0.2, 0) is 0 Å². The van der Waals surface area contributed by atoms with Gasteiger partial charge in [0.25, 0.3) is 0 Å². The second-order valence-corrected chi connectivity index (χ2v) is 1.30. The third-order valence-electron chi connectivity index (χ3n) is 0.570. The summed E-state index contributed by atoms with van der Waals surface area (Å²) in [6.45, 7) is 1.71. The van der Waals surface area contributed by atoms with E-state index in [0.29, 0.717) is 6.42 Å². The van der Waals surface area contributed by atoms with Gasteiger partial charge in [-0.1, -0.05) is 6.92 Å². The van der Waals surface area contributed by atoms with Crippen molar-refractivity contribution < 1.29 is 4.39 Å². The molecule has 0 aliphatic rings. The quantitative estimate of drug-likeness (QED) is 0.464. The molecule has 40 valence electrons. The van der Waals surface area contributed by atoms with E-state index in [0.717, 1.165) is 0 Å². The third kappa shape index (κ3) is 3.61. The zero-order valence-electron chi connectivity index (χ0n) is 4.04. The molecule has 1 atom stereocenters. The van der Waals surface area contributed by atoms with Gasteiger partial charge in [0, 0.05) is 5.38 Å². The molecule has 0 heterocycles. The molecule has 0 aliphatic heterocycles. The minimum Gasteiger partial charge on any atom is -0.233 e. The molecule has 0 spiro atoms. The van der Waals surface area contributed by atoms with Gasteiger partial charge in [0.2, 0.25) is 0 Å². The van der Waals surface area contributed by atoms with E-state index in [-0.39, 0.29) is 0 Å². The Hall–Kier alpha value is -0.220. The first-order valence-corrected chi connectivity index (χ1v) is 2.44. The van der Waals surface area contributed by atoms with Gasteiger partial charge in [0.1, 0.15) is 0 Å². The van der Waals surface area contributed by atoms with Crippen molar-refractivity contribution in [1.29, 1.82) is 0 Å². The van der Waals surface area contributed by atoms with E-state index in [2.05, 4.69) is 5.92 Å². The lowest BCUT2D eigenvalue weighted by atomic mass is 10.3. The summed E-state index contributed by atoms with van der Waals surface area (Å²) in [7, 11) is 0. The monoisotopic (exact) mass is 120 g/mol. The van der Waals surface area contributed by atoms with Crippen LogP contribution in [-0.4, -0.2) is 6.17 Å². The van der Waals surface area contributed by atoms with E-state index < -0.39 is 6.17 Å². The van der Waals surface area contributed by atoms with Crippen LogP contribution in [0, 0.1) is 11.3 Å². The number of hydrogen-bond donors (Lipinski definition) is 0. The SMILES string of the molecule is CCC(F)C#CCl. The first-order chi connectivity index (χ1) is 3.31. The van der Waals surface area contributed by atoms with E-state index >= 15 is 0 Å². The molecule has 2 heteroatoms. The van der Waals surface area contributed by atoms with E-state index in [1.165, 1.54) is 0 Å². The van der Waals surface area contributed by atoms with Crippen LogP contribution in [0.2, 0.25) is 0 Å². The van der Waals surface area contributed by atoms with Gasteiger partial charge in [-0.2, -0.15) is 0 Å². The first kappa shape index (κ1) is 6.78. The lowest BCUT2D eigenvalue weighted by Gasteiger charge is -1.86. The van der Waals surface area contributed by atoms with Gasteiger partial charge in [-0.05, 0) is 23.9 Å². The Bertz CT molecular complexity index is 90.0. The van der Waals surface area contributed by atoms with Crippen LogP contribution >= 0.6 is 11.6 Å². The number of alkyl halides is 1. The summed E-state index contributed by atoms with van der Waals surface area (Å²) in [6, 6.07) is 0. The highest BCUT2D eigenvalue weighted by molar-refractivity contribution is 6.30. The van der Waals surface area contributed by atoms with Crippen molar-refractivity contribution in [1.82, 2.24) is 0 Å². The van der Waals surface area contributed by atoms with E-state index in [4.69, 9.17) is 11.6 Å². The van der Waals surface area contributed by atoms with E-state index in [1.54, 1.807) is 6.92 Å². The molecule has 0 aromatic carbocycles. The highest BCUT2D eigenvalue weighted by Crippen LogP contribution is 1.92. The van der Waals surface area contributed by atoms with Crippen molar-refractivity contribution in [2.24, 2.45) is 0 Å². The molecular formula is C5H6ClF. The van der Waals surface area contributed by atoms with Crippen LogP contribution in [0.5, 0.6) is 0 Å². The highest BCUT2D eigenvalue weighted by atomic mass is 35.5. The minimum absolute atomic E-state index is 0.416. The predicted molar refractivity (Wildman–Crippen MR) is 28.8 cm³/mol. The molecule has 0 radical (unpaired) electrons. The maximum Gasteiger partial charge on any atom is 0.161 e. The standard InChI is InChI=1S/C5H6ClF/c1-2-5(7)3-4-6/h5H,2H2,1H3. The lowest BCUT2D eigenvalue weighted by molar-refractivity contribution is 0.403. The van der Waals surface area contributed by atoms with Gasteiger partial charge in [-0.3, -0.25) is 0 Å². The molecule has 0 aromatic heterocycles. The topological polar surface area (TPSA) is 0 Å². The fourth-order valence-corrected chi connectivity index (χ4v) is 0.280. The van der Waals surface area contributed by atoms with Crippen LogP contribution in [0.3, 0.4) is 0 Å². The molecule has 0 saturated carbocycles. The molecule has 0 aromatic rings. The lowest BCUT2D eigenvalue weighted by Crippen LogP contribution is -1.89. The normalized spacial score (nSPS) is 11.9. The minimum atomic E-state index is -1.04. The molecular weight excluding hydrogens is 115 g/mol. The largest absolute Gasteiger partial charge is 0.233 e. The van der Waals surface area contributed by atoms with Crippen LogP contribution in [0.4, 0.5) is 4.39 Å². The molecule has 0 fully saturated rings. The number of rotatable bonds is 1. The second-order valence-electron chi connectivity index (χ2n) is 1.11. The average Bonchev–Trinajstić information content (AvgIpc) is 1.68. The van der Waals surface area contributed by atoms with Crippen molar-refractivity contribution in [3.63, 3.8) is 0 Å². The van der Waals surface area contributed by atoms with E-state index in [1.807, 2.05) is 5.38 Å². The van der Waals surface area contributed by atoms with Gasteiger partial charge in [-0.25, -0.2) is 4.39 Å². The molecule has 7 heavy (non-hydrogen) atoms. The molecule has 0 rings (SSSR count). The Morgan fingerprint density at radius 2 is 2.43 bits per heavy atom. The summed E-state index contributed by atoms with van der Waals surface area (Å²) in [4.78, 5) is 0. The number of halogens is 2. The summed E-state index contributed by atoms with van der Waals surface area (Å²) >= 11 is 4.87. The smallest absolute Gasteiger partial charge is 0.161 e. The molecule has 0 nitrogen and oxygen atoms in total. The Kier molecular flexibility index (Phi) is 3.83. The van der Waals surface area contributed by atoms with Gasteiger partial charge < -0.3 is 0 Å². The van der Waals surface area contributed by atoms with Crippen molar-refractivity contribution in [2.45, 2.75) is 19.5 Å². The van der Waals surface area contributed by atoms with Gasteiger partial charge in [0.05, 0.1) is 0 Å². The van der Waals surface area contributed by atoms with Crippen molar-refractivity contribution >= 4 is 11.6 Å². The number of hydrogen-bond acceptors (Lipinski definition) is 0. The van der Waals surface area contributed by atoms with Crippen LogP contribution in [0.15, 0.2) is 0 Å². The fraction of sp³-hybridized carbons (Fsp3) is 0.600. The summed E-state index contributed by atoms with van der Waals surface area (Å²) in [5.41, 5.74) is 0. The van der Waals surface area contributed by atoms with Gasteiger partial charge >= 0.3 is 0 Å². The van der Waals surface area contributed by atoms with Crippen molar-refractivity contribution in [3.05, 3.63) is 0 Å².